The highest BCUT2D eigenvalue weighted by atomic mass is 32.2. The van der Waals surface area contributed by atoms with Crippen molar-refractivity contribution in [1.82, 2.24) is 9.88 Å². The van der Waals surface area contributed by atoms with Crippen molar-refractivity contribution in [2.45, 2.75) is 23.2 Å². The van der Waals surface area contributed by atoms with Crippen molar-refractivity contribution in [3.8, 4) is 0 Å². The molecule has 2 aromatic rings. The van der Waals surface area contributed by atoms with E-state index in [4.69, 9.17) is 5.11 Å². The van der Waals surface area contributed by atoms with Gasteiger partial charge >= 0.3 is 5.97 Å². The van der Waals surface area contributed by atoms with Crippen LogP contribution in [0.5, 0.6) is 0 Å². The van der Waals surface area contributed by atoms with Gasteiger partial charge in [0, 0.05) is 54.5 Å². The number of nitro benzene ring substituents is 1. The first-order valence-corrected chi connectivity index (χ1v) is 10.4. The van der Waals surface area contributed by atoms with Crippen LogP contribution in [-0.4, -0.2) is 56.7 Å². The summed E-state index contributed by atoms with van der Waals surface area (Å²) in [5.41, 5.74) is 0.840. The first kappa shape index (κ1) is 20.1. The SMILES string of the molecule is O=C(O)c1csc(SCCN2C(=O)CC[C@@H]2CNc2ccc([N+](=O)[O-])cc2)n1. The number of benzene rings is 1. The van der Waals surface area contributed by atoms with Gasteiger partial charge in [-0.1, -0.05) is 11.8 Å². The molecule has 0 aliphatic carbocycles. The van der Waals surface area contributed by atoms with E-state index < -0.39 is 10.9 Å². The smallest absolute Gasteiger partial charge is 0.355 e. The first-order chi connectivity index (χ1) is 13.4. The average molecular weight is 422 g/mol. The quantitative estimate of drug-likeness (QED) is 0.359. The van der Waals surface area contributed by atoms with Crippen molar-refractivity contribution < 1.29 is 19.6 Å². The number of aromatic nitrogens is 1. The molecule has 0 saturated carbocycles. The molecule has 1 aromatic carbocycles. The number of thiazole rings is 1. The van der Waals surface area contributed by atoms with E-state index in [-0.39, 0.29) is 23.3 Å². The number of hydrogen-bond acceptors (Lipinski definition) is 8. The Labute approximate surface area is 168 Å². The molecule has 1 aliphatic rings. The molecule has 11 heteroatoms. The Bertz CT molecular complexity index is 871. The van der Waals surface area contributed by atoms with Gasteiger partial charge in [-0.2, -0.15) is 0 Å². The van der Waals surface area contributed by atoms with Gasteiger partial charge < -0.3 is 15.3 Å². The molecule has 1 aliphatic heterocycles. The summed E-state index contributed by atoms with van der Waals surface area (Å²) in [6, 6.07) is 6.23. The lowest BCUT2D eigenvalue weighted by atomic mass is 10.2. The van der Waals surface area contributed by atoms with Gasteiger partial charge in [0.2, 0.25) is 5.91 Å². The zero-order valence-corrected chi connectivity index (χ0v) is 16.4. The number of carbonyl (C=O) groups is 2. The normalized spacial score (nSPS) is 16.4. The lowest BCUT2D eigenvalue weighted by Crippen LogP contribution is -2.39. The van der Waals surface area contributed by atoms with Gasteiger partial charge in [-0.15, -0.1) is 11.3 Å². The van der Waals surface area contributed by atoms with Crippen LogP contribution in [0, 0.1) is 10.1 Å². The van der Waals surface area contributed by atoms with Crippen LogP contribution in [0.15, 0.2) is 34.0 Å². The van der Waals surface area contributed by atoms with E-state index in [2.05, 4.69) is 10.3 Å². The molecule has 9 nitrogen and oxygen atoms in total. The van der Waals surface area contributed by atoms with Gasteiger partial charge in [-0.25, -0.2) is 9.78 Å². The lowest BCUT2D eigenvalue weighted by molar-refractivity contribution is -0.384. The molecule has 1 saturated heterocycles. The molecule has 0 spiro atoms. The van der Waals surface area contributed by atoms with E-state index in [1.807, 2.05) is 4.90 Å². The summed E-state index contributed by atoms with van der Waals surface area (Å²) >= 11 is 2.71. The molecular formula is C17H18N4O5S2. The number of anilines is 1. The van der Waals surface area contributed by atoms with Crippen LogP contribution in [-0.2, 0) is 4.79 Å². The second-order valence-electron chi connectivity index (χ2n) is 6.12. The van der Waals surface area contributed by atoms with Gasteiger partial charge in [0.25, 0.3) is 5.69 Å². The number of carboxylic acid groups (broad SMARTS) is 1. The number of thioether (sulfide) groups is 1. The minimum absolute atomic E-state index is 0.0356. The summed E-state index contributed by atoms with van der Waals surface area (Å²) in [4.78, 5) is 39.2. The topological polar surface area (TPSA) is 126 Å². The van der Waals surface area contributed by atoms with E-state index in [9.17, 15) is 19.7 Å². The Hall–Kier alpha value is -2.66. The number of likely N-dealkylation sites (tertiary alicyclic amines) is 1. The number of hydrogen-bond donors (Lipinski definition) is 2. The van der Waals surface area contributed by atoms with Crippen molar-refractivity contribution in [2.75, 3.05) is 24.2 Å². The van der Waals surface area contributed by atoms with Gasteiger partial charge in [-0.05, 0) is 18.6 Å². The average Bonchev–Trinajstić information content (AvgIpc) is 3.28. The van der Waals surface area contributed by atoms with Crippen LogP contribution in [0.3, 0.4) is 0 Å². The highest BCUT2D eigenvalue weighted by Gasteiger charge is 2.30. The van der Waals surface area contributed by atoms with E-state index in [0.29, 0.717) is 29.6 Å². The number of carbonyl (C=O) groups excluding carboxylic acids is 1. The van der Waals surface area contributed by atoms with Crippen molar-refractivity contribution in [2.24, 2.45) is 0 Å². The van der Waals surface area contributed by atoms with Gasteiger partial charge in [0.05, 0.1) is 4.92 Å². The van der Waals surface area contributed by atoms with Crippen LogP contribution >= 0.6 is 23.1 Å². The third-order valence-corrected chi connectivity index (χ3v) is 6.33. The fourth-order valence-corrected chi connectivity index (χ4v) is 4.71. The molecule has 3 rings (SSSR count). The Morgan fingerprint density at radius 1 is 1.43 bits per heavy atom. The van der Waals surface area contributed by atoms with Crippen LogP contribution in [0.2, 0.25) is 0 Å². The van der Waals surface area contributed by atoms with E-state index in [1.165, 1.54) is 40.6 Å². The summed E-state index contributed by atoms with van der Waals surface area (Å²) in [7, 11) is 0. The maximum Gasteiger partial charge on any atom is 0.355 e. The van der Waals surface area contributed by atoms with Crippen molar-refractivity contribution in [3.05, 3.63) is 45.5 Å². The zero-order chi connectivity index (χ0) is 20.1. The van der Waals surface area contributed by atoms with E-state index in [1.54, 1.807) is 12.1 Å². The highest BCUT2D eigenvalue weighted by molar-refractivity contribution is 8.01. The molecule has 28 heavy (non-hydrogen) atoms. The zero-order valence-electron chi connectivity index (χ0n) is 14.7. The Morgan fingerprint density at radius 3 is 2.82 bits per heavy atom. The van der Waals surface area contributed by atoms with Crippen LogP contribution in [0.4, 0.5) is 11.4 Å². The van der Waals surface area contributed by atoms with Gasteiger partial charge in [0.1, 0.15) is 0 Å². The summed E-state index contributed by atoms with van der Waals surface area (Å²) < 4.78 is 0.671. The second kappa shape index (κ2) is 9.02. The summed E-state index contributed by atoms with van der Waals surface area (Å²) in [5.74, 6) is -0.316. The fraction of sp³-hybridized carbons (Fsp3) is 0.353. The maximum atomic E-state index is 12.2. The van der Waals surface area contributed by atoms with Crippen LogP contribution in [0.1, 0.15) is 23.3 Å². The third kappa shape index (κ3) is 4.98. The monoisotopic (exact) mass is 422 g/mol. The maximum absolute atomic E-state index is 12.2. The lowest BCUT2D eigenvalue weighted by Gasteiger charge is -2.25. The van der Waals surface area contributed by atoms with Crippen LogP contribution < -0.4 is 5.32 Å². The molecular weight excluding hydrogens is 404 g/mol. The summed E-state index contributed by atoms with van der Waals surface area (Å²) in [6.07, 6.45) is 1.25. The van der Waals surface area contributed by atoms with Crippen molar-refractivity contribution in [1.29, 1.82) is 0 Å². The van der Waals surface area contributed by atoms with Crippen molar-refractivity contribution in [3.63, 3.8) is 0 Å². The van der Waals surface area contributed by atoms with E-state index >= 15 is 0 Å². The minimum Gasteiger partial charge on any atom is -0.476 e. The Morgan fingerprint density at radius 2 is 2.18 bits per heavy atom. The number of aromatic carboxylic acids is 1. The number of non-ortho nitro benzene ring substituents is 1. The molecule has 2 N–H and O–H groups in total. The molecule has 148 valence electrons. The number of carboxylic acids is 1. The predicted molar refractivity (Wildman–Crippen MR) is 106 cm³/mol. The molecule has 0 bridgehead atoms. The number of nitro groups is 1. The minimum atomic E-state index is -1.05. The Kier molecular flexibility index (Phi) is 6.47. The van der Waals surface area contributed by atoms with E-state index in [0.717, 1.165) is 12.1 Å². The molecule has 1 amide bonds. The molecule has 1 aromatic heterocycles. The van der Waals surface area contributed by atoms with Crippen molar-refractivity contribution >= 4 is 46.3 Å². The first-order valence-electron chi connectivity index (χ1n) is 8.53. The number of rotatable bonds is 9. The summed E-state index contributed by atoms with van der Waals surface area (Å²) in [5, 5.41) is 24.3. The third-order valence-electron chi connectivity index (χ3n) is 4.33. The largest absolute Gasteiger partial charge is 0.476 e. The molecule has 2 heterocycles. The molecule has 1 fully saturated rings. The van der Waals surface area contributed by atoms with Gasteiger partial charge in [0.15, 0.2) is 10.0 Å². The van der Waals surface area contributed by atoms with Gasteiger partial charge in [-0.3, -0.25) is 14.9 Å². The Balaban J connectivity index is 1.49. The van der Waals surface area contributed by atoms with Crippen LogP contribution in [0.25, 0.3) is 0 Å². The predicted octanol–water partition coefficient (Wildman–Crippen LogP) is 2.94. The second-order valence-corrected chi connectivity index (χ2v) is 8.32. The number of nitrogens with zero attached hydrogens (tertiary/aromatic N) is 3. The molecule has 1 atom stereocenters. The highest BCUT2D eigenvalue weighted by Crippen LogP contribution is 2.25. The summed E-state index contributed by atoms with van der Waals surface area (Å²) in [6.45, 7) is 1.12. The number of amides is 1. The number of nitrogens with one attached hydrogen (secondary N) is 1. The molecule has 0 unspecified atom stereocenters. The molecule has 0 radical (unpaired) electrons. The standard InChI is InChI=1S/C17H18N4O5S2/c22-15-6-5-13(9-18-11-1-3-12(4-2-11)21(25)26)20(15)7-8-27-17-19-14(10-28-17)16(23)24/h1-4,10,13,18H,5-9H2,(H,23,24)/t13-/m1/s1. The fourth-order valence-electron chi connectivity index (χ4n) is 2.90.